The number of halogens is 2. The molecule has 1 rings (SSSR count). The predicted octanol–water partition coefficient (Wildman–Crippen LogP) is 0.257. The van der Waals surface area contributed by atoms with E-state index in [9.17, 15) is 18.7 Å². The number of rotatable bonds is 2. The highest BCUT2D eigenvalue weighted by atomic mass is 19.2. The van der Waals surface area contributed by atoms with E-state index < -0.39 is 24.0 Å². The lowest BCUT2D eigenvalue weighted by Gasteiger charge is -2.01. The van der Waals surface area contributed by atoms with Crippen LogP contribution in [-0.2, 0) is 11.2 Å². The van der Waals surface area contributed by atoms with E-state index in [-0.39, 0.29) is 5.56 Å². The molecule has 1 aromatic rings. The molecule has 0 aliphatic rings. The van der Waals surface area contributed by atoms with Crippen LogP contribution in [0.4, 0.5) is 8.78 Å². The van der Waals surface area contributed by atoms with E-state index >= 15 is 0 Å². The van der Waals surface area contributed by atoms with Crippen molar-refractivity contribution in [2.24, 2.45) is 0 Å². The number of carboxylic acids is 1. The predicted molar refractivity (Wildman–Crippen MR) is 35.1 cm³/mol. The lowest BCUT2D eigenvalue weighted by molar-refractivity contribution is -0.304. The second-order valence-corrected chi connectivity index (χ2v) is 2.30. The number of hydrogen-bond acceptors (Lipinski definition) is 2. The maximum atomic E-state index is 12.4. The molecule has 0 unspecified atom stereocenters. The van der Waals surface area contributed by atoms with Gasteiger partial charge in [-0.05, 0) is 17.7 Å². The summed E-state index contributed by atoms with van der Waals surface area (Å²) in [5.41, 5.74) is 0.189. The molecule has 0 fully saturated rings. The smallest absolute Gasteiger partial charge is 0.159 e. The third-order valence-corrected chi connectivity index (χ3v) is 1.33. The van der Waals surface area contributed by atoms with E-state index in [1.807, 2.05) is 0 Å². The minimum atomic E-state index is -1.32. The number of benzene rings is 1. The Labute approximate surface area is 67.4 Å². The second-order valence-electron chi connectivity index (χ2n) is 2.30. The van der Waals surface area contributed by atoms with Crippen LogP contribution < -0.4 is 5.11 Å². The van der Waals surface area contributed by atoms with Crippen molar-refractivity contribution in [2.45, 2.75) is 6.42 Å². The standard InChI is InChI=1S/C8H6F2O2/c9-6-2-1-5(3-7(6)10)4-8(11)12/h1-3H,4H2,(H,11,12)/p-1. The molecule has 0 aliphatic heterocycles. The zero-order valence-corrected chi connectivity index (χ0v) is 6.01. The molecule has 0 saturated carbocycles. The zero-order valence-electron chi connectivity index (χ0n) is 6.01. The van der Waals surface area contributed by atoms with Crippen molar-refractivity contribution in [3.63, 3.8) is 0 Å². The van der Waals surface area contributed by atoms with Crippen molar-refractivity contribution < 1.29 is 18.7 Å². The van der Waals surface area contributed by atoms with Crippen LogP contribution >= 0.6 is 0 Å². The molecule has 2 nitrogen and oxygen atoms in total. The summed E-state index contributed by atoms with van der Waals surface area (Å²) in [4.78, 5) is 10.0. The average Bonchev–Trinajstić information content (AvgIpc) is 1.96. The molecule has 0 radical (unpaired) electrons. The molecule has 0 bridgehead atoms. The highest BCUT2D eigenvalue weighted by Crippen LogP contribution is 2.08. The van der Waals surface area contributed by atoms with Gasteiger partial charge in [0.05, 0.1) is 0 Å². The van der Waals surface area contributed by atoms with E-state index in [1.54, 1.807) is 0 Å². The van der Waals surface area contributed by atoms with Crippen molar-refractivity contribution in [1.82, 2.24) is 0 Å². The summed E-state index contributed by atoms with van der Waals surface area (Å²) < 4.78 is 24.7. The van der Waals surface area contributed by atoms with Gasteiger partial charge >= 0.3 is 0 Å². The minimum Gasteiger partial charge on any atom is -0.550 e. The van der Waals surface area contributed by atoms with Crippen LogP contribution in [0.15, 0.2) is 18.2 Å². The van der Waals surface area contributed by atoms with Gasteiger partial charge in [0.15, 0.2) is 11.6 Å². The Morgan fingerprint density at radius 2 is 2.00 bits per heavy atom. The monoisotopic (exact) mass is 171 g/mol. The summed E-state index contributed by atoms with van der Waals surface area (Å²) in [7, 11) is 0. The van der Waals surface area contributed by atoms with E-state index in [1.165, 1.54) is 6.07 Å². The van der Waals surface area contributed by atoms with Gasteiger partial charge in [0.1, 0.15) is 0 Å². The van der Waals surface area contributed by atoms with Gasteiger partial charge in [-0.3, -0.25) is 0 Å². The van der Waals surface area contributed by atoms with Crippen molar-refractivity contribution >= 4 is 5.97 Å². The van der Waals surface area contributed by atoms with E-state index in [2.05, 4.69) is 0 Å². The van der Waals surface area contributed by atoms with Crippen LogP contribution in [0.1, 0.15) is 5.56 Å². The quantitative estimate of drug-likeness (QED) is 0.640. The number of hydrogen-bond donors (Lipinski definition) is 0. The first-order chi connectivity index (χ1) is 5.59. The molecule has 0 saturated heterocycles. The Bertz CT molecular complexity index is 310. The molecular weight excluding hydrogens is 166 g/mol. The van der Waals surface area contributed by atoms with Crippen molar-refractivity contribution in [1.29, 1.82) is 0 Å². The molecule has 1 aromatic carbocycles. The minimum absolute atomic E-state index is 0.189. The molecule has 0 heterocycles. The van der Waals surface area contributed by atoms with Crippen LogP contribution in [0, 0.1) is 11.6 Å². The lowest BCUT2D eigenvalue weighted by atomic mass is 10.1. The third-order valence-electron chi connectivity index (χ3n) is 1.33. The number of aliphatic carboxylic acids is 1. The second kappa shape index (κ2) is 3.30. The van der Waals surface area contributed by atoms with Gasteiger partial charge in [0, 0.05) is 12.4 Å². The first-order valence-electron chi connectivity index (χ1n) is 3.23. The van der Waals surface area contributed by atoms with Gasteiger partial charge in [-0.2, -0.15) is 0 Å². The van der Waals surface area contributed by atoms with Gasteiger partial charge in [0.25, 0.3) is 0 Å². The summed E-state index contributed by atoms with van der Waals surface area (Å²) >= 11 is 0. The molecule has 64 valence electrons. The molecule has 4 heteroatoms. The van der Waals surface area contributed by atoms with E-state index in [4.69, 9.17) is 0 Å². The lowest BCUT2D eigenvalue weighted by Crippen LogP contribution is -2.24. The Balaban J connectivity index is 2.89. The van der Waals surface area contributed by atoms with Crippen LogP contribution in [0.2, 0.25) is 0 Å². The van der Waals surface area contributed by atoms with Gasteiger partial charge in [0.2, 0.25) is 0 Å². The molecule has 0 aliphatic carbocycles. The first kappa shape index (κ1) is 8.64. The SMILES string of the molecule is O=C([O-])Cc1ccc(F)c(F)c1. The van der Waals surface area contributed by atoms with Crippen LogP contribution in [0.5, 0.6) is 0 Å². The third kappa shape index (κ3) is 2.02. The molecular formula is C8H5F2O2-. The van der Waals surface area contributed by atoms with Crippen molar-refractivity contribution in [3.05, 3.63) is 35.4 Å². The normalized spacial score (nSPS) is 9.83. The average molecular weight is 171 g/mol. The first-order valence-corrected chi connectivity index (χ1v) is 3.23. The maximum absolute atomic E-state index is 12.4. The zero-order chi connectivity index (χ0) is 9.14. The van der Waals surface area contributed by atoms with Crippen molar-refractivity contribution in [2.75, 3.05) is 0 Å². The Hall–Kier alpha value is -1.45. The van der Waals surface area contributed by atoms with Crippen LogP contribution in [0.25, 0.3) is 0 Å². The largest absolute Gasteiger partial charge is 0.550 e. The summed E-state index contributed by atoms with van der Waals surface area (Å²) in [6, 6.07) is 2.92. The number of carboxylic acid groups (broad SMARTS) is 1. The highest BCUT2D eigenvalue weighted by molar-refractivity contribution is 5.67. The Morgan fingerprint density at radius 3 is 2.50 bits per heavy atom. The molecule has 0 N–H and O–H groups in total. The van der Waals surface area contributed by atoms with Crippen LogP contribution in [-0.4, -0.2) is 5.97 Å². The fraction of sp³-hybridized carbons (Fsp3) is 0.125. The number of carbonyl (C=O) groups is 1. The maximum Gasteiger partial charge on any atom is 0.159 e. The topological polar surface area (TPSA) is 40.1 Å². The molecule has 12 heavy (non-hydrogen) atoms. The molecule has 0 aromatic heterocycles. The molecule has 0 spiro atoms. The van der Waals surface area contributed by atoms with Crippen molar-refractivity contribution in [3.8, 4) is 0 Å². The molecule has 0 amide bonds. The van der Waals surface area contributed by atoms with Gasteiger partial charge < -0.3 is 9.90 Å². The van der Waals surface area contributed by atoms with Gasteiger partial charge in [-0.15, -0.1) is 0 Å². The number of carbonyl (C=O) groups excluding carboxylic acids is 1. The van der Waals surface area contributed by atoms with E-state index in [0.29, 0.717) is 0 Å². The summed E-state index contributed by atoms with van der Waals surface area (Å²) in [5.74, 6) is -3.35. The Kier molecular flexibility index (Phi) is 2.38. The highest BCUT2D eigenvalue weighted by Gasteiger charge is 2.01. The fourth-order valence-electron chi connectivity index (χ4n) is 0.816. The summed E-state index contributed by atoms with van der Waals surface area (Å²) in [5, 5.41) is 10.0. The Morgan fingerprint density at radius 1 is 1.33 bits per heavy atom. The summed E-state index contributed by atoms with van der Waals surface area (Å²) in [6.07, 6.45) is -0.406. The summed E-state index contributed by atoms with van der Waals surface area (Å²) in [6.45, 7) is 0. The fourth-order valence-corrected chi connectivity index (χ4v) is 0.816. The van der Waals surface area contributed by atoms with E-state index in [0.717, 1.165) is 12.1 Å². The van der Waals surface area contributed by atoms with Crippen LogP contribution in [0.3, 0.4) is 0 Å². The van der Waals surface area contributed by atoms with Gasteiger partial charge in [-0.1, -0.05) is 6.07 Å². The van der Waals surface area contributed by atoms with Gasteiger partial charge in [-0.25, -0.2) is 8.78 Å². The molecule has 0 atom stereocenters.